The maximum atomic E-state index is 13.0. The zero-order valence-corrected chi connectivity index (χ0v) is 14.3. The van der Waals surface area contributed by atoms with Gasteiger partial charge >= 0.3 is 0 Å². The lowest BCUT2D eigenvalue weighted by molar-refractivity contribution is 0.0164. The normalized spacial score (nSPS) is 20.8. The summed E-state index contributed by atoms with van der Waals surface area (Å²) in [4.78, 5) is 20.5. The van der Waals surface area contributed by atoms with Crippen molar-refractivity contribution in [3.8, 4) is 0 Å². The number of amides is 1. The van der Waals surface area contributed by atoms with Crippen LogP contribution in [0.25, 0.3) is 0 Å². The van der Waals surface area contributed by atoms with Crippen LogP contribution >= 0.6 is 11.3 Å². The van der Waals surface area contributed by atoms with Crippen LogP contribution in [0.1, 0.15) is 21.7 Å². The van der Waals surface area contributed by atoms with Gasteiger partial charge in [-0.2, -0.15) is 0 Å². The van der Waals surface area contributed by atoms with Crippen molar-refractivity contribution in [1.29, 1.82) is 0 Å². The van der Waals surface area contributed by atoms with Gasteiger partial charge in [0.25, 0.3) is 5.91 Å². The molecule has 1 fully saturated rings. The van der Waals surface area contributed by atoms with Gasteiger partial charge in [0.15, 0.2) is 0 Å². The molecule has 1 atom stereocenters. The zero-order chi connectivity index (χ0) is 17.2. The number of carbonyl (C=O) groups excluding carboxylic acids is 1. The molecule has 5 nitrogen and oxygen atoms in total. The van der Waals surface area contributed by atoms with E-state index in [9.17, 15) is 14.3 Å². The summed E-state index contributed by atoms with van der Waals surface area (Å²) in [6, 6.07) is 6.35. The largest absolute Gasteiger partial charge is 0.387 e. The van der Waals surface area contributed by atoms with Crippen molar-refractivity contribution in [1.82, 2.24) is 14.8 Å². The topological polar surface area (TPSA) is 56.7 Å². The van der Waals surface area contributed by atoms with E-state index in [1.54, 1.807) is 28.7 Å². The highest BCUT2D eigenvalue weighted by Gasteiger charge is 2.39. The predicted molar refractivity (Wildman–Crippen MR) is 90.3 cm³/mol. The quantitative estimate of drug-likeness (QED) is 0.897. The first-order valence-electron chi connectivity index (χ1n) is 7.78. The molecule has 0 radical (unpaired) electrons. The molecule has 1 amide bonds. The molecule has 1 aromatic carbocycles. The first kappa shape index (κ1) is 17.0. The molecule has 1 saturated heterocycles. The van der Waals surface area contributed by atoms with Gasteiger partial charge in [-0.1, -0.05) is 12.1 Å². The van der Waals surface area contributed by atoms with Crippen LogP contribution in [0.4, 0.5) is 4.39 Å². The number of aliphatic hydroxyl groups is 1. The molecule has 2 heterocycles. The summed E-state index contributed by atoms with van der Waals surface area (Å²) in [5.41, 5.74) is 1.69. The standard InChI is InChI=1S/C17H20FN3O2S/c1-20(9-13-2-4-14(18)5-3-13)10-17(23)6-7-21(11-17)16(22)15-8-19-12-24-15/h2-5,8,12,23H,6-7,9-11H2,1H3/t17-/m0/s1. The van der Waals surface area contributed by atoms with Crippen LogP contribution < -0.4 is 0 Å². The average Bonchev–Trinajstić information content (AvgIpc) is 3.19. The minimum atomic E-state index is -0.921. The van der Waals surface area contributed by atoms with E-state index in [0.717, 1.165) is 5.56 Å². The van der Waals surface area contributed by atoms with Crippen molar-refractivity contribution in [3.63, 3.8) is 0 Å². The fourth-order valence-corrected chi connectivity index (χ4v) is 3.68. The molecular formula is C17H20FN3O2S. The lowest BCUT2D eigenvalue weighted by atomic mass is 10.0. The van der Waals surface area contributed by atoms with Crippen molar-refractivity contribution in [2.75, 3.05) is 26.7 Å². The fourth-order valence-electron chi connectivity index (χ4n) is 3.10. The number of rotatable bonds is 5. The van der Waals surface area contributed by atoms with Crippen molar-refractivity contribution < 1.29 is 14.3 Å². The highest BCUT2D eigenvalue weighted by molar-refractivity contribution is 7.11. The third-order valence-electron chi connectivity index (χ3n) is 4.19. The summed E-state index contributed by atoms with van der Waals surface area (Å²) in [5.74, 6) is -0.331. The molecule has 3 rings (SSSR count). The number of halogens is 1. The monoisotopic (exact) mass is 349 g/mol. The van der Waals surface area contributed by atoms with Crippen LogP contribution in [-0.2, 0) is 6.54 Å². The first-order valence-corrected chi connectivity index (χ1v) is 8.66. The number of nitrogens with zero attached hydrogens (tertiary/aromatic N) is 3. The molecule has 24 heavy (non-hydrogen) atoms. The molecule has 0 aliphatic carbocycles. The SMILES string of the molecule is CN(Cc1ccc(F)cc1)C[C@@]1(O)CCN(C(=O)c2cncs2)C1. The number of hydrogen-bond acceptors (Lipinski definition) is 5. The number of likely N-dealkylation sites (tertiary alicyclic amines) is 1. The number of carbonyl (C=O) groups is 1. The van der Waals surface area contributed by atoms with Gasteiger partial charge in [-0.15, -0.1) is 11.3 Å². The molecular weight excluding hydrogens is 329 g/mol. The minimum Gasteiger partial charge on any atom is -0.387 e. The van der Waals surface area contributed by atoms with Crippen LogP contribution in [0.15, 0.2) is 36.0 Å². The van der Waals surface area contributed by atoms with Gasteiger partial charge in [-0.3, -0.25) is 14.7 Å². The van der Waals surface area contributed by atoms with Crippen LogP contribution in [0.5, 0.6) is 0 Å². The van der Waals surface area contributed by atoms with Crippen molar-refractivity contribution >= 4 is 17.2 Å². The molecule has 0 saturated carbocycles. The molecule has 1 aliphatic heterocycles. The molecule has 1 aromatic heterocycles. The zero-order valence-electron chi connectivity index (χ0n) is 13.5. The lowest BCUT2D eigenvalue weighted by Crippen LogP contribution is -2.44. The summed E-state index contributed by atoms with van der Waals surface area (Å²) < 4.78 is 13.0. The summed E-state index contributed by atoms with van der Waals surface area (Å²) >= 11 is 1.31. The molecule has 2 aromatic rings. The number of likely N-dealkylation sites (N-methyl/N-ethyl adjacent to an activating group) is 1. The maximum Gasteiger partial charge on any atom is 0.265 e. The minimum absolute atomic E-state index is 0.0744. The Morgan fingerprint density at radius 3 is 2.88 bits per heavy atom. The molecule has 0 unspecified atom stereocenters. The molecule has 0 spiro atoms. The third-order valence-corrected chi connectivity index (χ3v) is 4.95. The molecule has 0 bridgehead atoms. The second kappa shape index (κ2) is 6.96. The van der Waals surface area contributed by atoms with E-state index in [1.807, 2.05) is 11.9 Å². The number of benzene rings is 1. The Kier molecular flexibility index (Phi) is 4.93. The second-order valence-electron chi connectivity index (χ2n) is 6.37. The van der Waals surface area contributed by atoms with E-state index in [2.05, 4.69) is 4.98 Å². The van der Waals surface area contributed by atoms with Crippen LogP contribution in [0.2, 0.25) is 0 Å². The summed E-state index contributed by atoms with van der Waals surface area (Å²) in [6.45, 7) is 1.93. The Balaban J connectivity index is 1.56. The van der Waals surface area contributed by atoms with E-state index in [4.69, 9.17) is 0 Å². The van der Waals surface area contributed by atoms with Gasteiger partial charge in [0.2, 0.25) is 0 Å². The smallest absolute Gasteiger partial charge is 0.265 e. The number of hydrogen-bond donors (Lipinski definition) is 1. The lowest BCUT2D eigenvalue weighted by Gasteiger charge is -2.29. The molecule has 1 N–H and O–H groups in total. The Morgan fingerprint density at radius 1 is 1.46 bits per heavy atom. The van der Waals surface area contributed by atoms with Gasteiger partial charge in [0.1, 0.15) is 10.7 Å². The van der Waals surface area contributed by atoms with Gasteiger partial charge < -0.3 is 10.0 Å². The Labute approximate surface area is 144 Å². The molecule has 128 valence electrons. The maximum absolute atomic E-state index is 13.0. The summed E-state index contributed by atoms with van der Waals surface area (Å²) in [6.07, 6.45) is 2.11. The van der Waals surface area contributed by atoms with Crippen molar-refractivity contribution in [2.24, 2.45) is 0 Å². The Morgan fingerprint density at radius 2 is 2.21 bits per heavy atom. The van der Waals surface area contributed by atoms with E-state index >= 15 is 0 Å². The van der Waals surface area contributed by atoms with Crippen molar-refractivity contribution in [2.45, 2.75) is 18.6 Å². The predicted octanol–water partition coefficient (Wildman–Crippen LogP) is 1.99. The van der Waals surface area contributed by atoms with Gasteiger partial charge in [0, 0.05) is 19.6 Å². The average molecular weight is 349 g/mol. The summed E-state index contributed by atoms with van der Waals surface area (Å²) in [5, 5.41) is 10.8. The Bertz CT molecular complexity index is 692. The first-order chi connectivity index (χ1) is 11.5. The number of β-amino-alcohol motifs (C(OH)–C–C–N with tert-alkyl or cyclic N) is 1. The van der Waals surface area contributed by atoms with Crippen LogP contribution in [0.3, 0.4) is 0 Å². The van der Waals surface area contributed by atoms with Crippen LogP contribution in [-0.4, -0.2) is 58.1 Å². The van der Waals surface area contributed by atoms with Gasteiger partial charge in [-0.25, -0.2) is 4.39 Å². The van der Waals surface area contributed by atoms with Crippen molar-refractivity contribution in [3.05, 3.63) is 52.2 Å². The van der Waals surface area contributed by atoms with Crippen LogP contribution in [0, 0.1) is 5.82 Å². The molecule has 7 heteroatoms. The highest BCUT2D eigenvalue weighted by Crippen LogP contribution is 2.25. The Hall–Kier alpha value is -1.83. The second-order valence-corrected chi connectivity index (χ2v) is 7.25. The number of aromatic nitrogens is 1. The van der Waals surface area contributed by atoms with Gasteiger partial charge in [-0.05, 0) is 31.2 Å². The fraction of sp³-hybridized carbons (Fsp3) is 0.412. The third kappa shape index (κ3) is 3.98. The van der Waals surface area contributed by atoms with E-state index in [1.165, 1.54) is 23.5 Å². The van der Waals surface area contributed by atoms with E-state index in [-0.39, 0.29) is 11.7 Å². The number of thiazole rings is 1. The van der Waals surface area contributed by atoms with E-state index < -0.39 is 5.60 Å². The van der Waals surface area contributed by atoms with E-state index in [0.29, 0.717) is 37.5 Å². The summed E-state index contributed by atoms with van der Waals surface area (Å²) in [7, 11) is 1.91. The van der Waals surface area contributed by atoms with Gasteiger partial charge in [0.05, 0.1) is 23.9 Å². The molecule has 1 aliphatic rings. The highest BCUT2D eigenvalue weighted by atomic mass is 32.1.